The van der Waals surface area contributed by atoms with Crippen LogP contribution >= 0.6 is 0 Å². The topological polar surface area (TPSA) is 65.5 Å². The quantitative estimate of drug-likeness (QED) is 0.446. The van der Waals surface area contributed by atoms with Gasteiger partial charge in [-0.15, -0.1) is 0 Å². The van der Waals surface area contributed by atoms with Crippen molar-refractivity contribution >= 4 is 16.6 Å². The van der Waals surface area contributed by atoms with Gasteiger partial charge in [-0.3, -0.25) is 9.38 Å². The van der Waals surface area contributed by atoms with Gasteiger partial charge in [0.05, 0.1) is 29.2 Å². The Kier molecular flexibility index (Phi) is 3.58. The van der Waals surface area contributed by atoms with E-state index >= 15 is 0 Å². The van der Waals surface area contributed by atoms with Gasteiger partial charge >= 0.3 is 0 Å². The third-order valence-corrected chi connectivity index (χ3v) is 4.44. The van der Waals surface area contributed by atoms with Crippen molar-refractivity contribution in [1.29, 1.82) is 0 Å². The van der Waals surface area contributed by atoms with Gasteiger partial charge in [0, 0.05) is 24.2 Å². The molecule has 5 rings (SSSR count). The molecule has 138 valence electrons. The molecule has 8 heteroatoms. The molecule has 0 aliphatic heterocycles. The predicted molar refractivity (Wildman–Crippen MR) is 97.2 cm³/mol. The second-order valence-electron chi connectivity index (χ2n) is 6.17. The fourth-order valence-electron chi connectivity index (χ4n) is 3.18. The number of benzene rings is 1. The molecule has 0 atom stereocenters. The van der Waals surface area contributed by atoms with Crippen molar-refractivity contribution in [2.75, 3.05) is 0 Å². The van der Waals surface area contributed by atoms with Crippen LogP contribution in [0.25, 0.3) is 27.9 Å². The minimum atomic E-state index is -0.853. The Morgan fingerprint density at radius 2 is 1.86 bits per heavy atom. The number of rotatable bonds is 3. The summed E-state index contributed by atoms with van der Waals surface area (Å²) in [5.74, 6) is -2.18. The number of imidazole rings is 1. The molecule has 5 aromatic rings. The summed E-state index contributed by atoms with van der Waals surface area (Å²) < 4.78 is 42.0. The van der Waals surface area contributed by atoms with Crippen LogP contribution in [0.5, 0.6) is 11.6 Å². The van der Waals surface area contributed by atoms with Gasteiger partial charge in [-0.05, 0) is 31.2 Å². The van der Waals surface area contributed by atoms with Gasteiger partial charge in [0.1, 0.15) is 5.58 Å². The van der Waals surface area contributed by atoms with E-state index in [0.29, 0.717) is 33.6 Å². The van der Waals surface area contributed by atoms with E-state index in [1.807, 2.05) is 0 Å². The van der Waals surface area contributed by atoms with Crippen molar-refractivity contribution in [2.45, 2.75) is 6.92 Å². The van der Waals surface area contributed by atoms with Crippen molar-refractivity contribution in [3.63, 3.8) is 0 Å². The summed E-state index contributed by atoms with van der Waals surface area (Å²) in [6.07, 6.45) is 7.81. The highest BCUT2D eigenvalue weighted by molar-refractivity contribution is 5.82. The zero-order valence-corrected chi connectivity index (χ0v) is 14.6. The average molecular weight is 378 g/mol. The maximum absolute atomic E-state index is 14.8. The summed E-state index contributed by atoms with van der Waals surface area (Å²) in [6, 6.07) is 5.67. The summed E-state index contributed by atoms with van der Waals surface area (Å²) in [6.45, 7) is 1.76. The van der Waals surface area contributed by atoms with Crippen LogP contribution in [-0.2, 0) is 0 Å². The summed E-state index contributed by atoms with van der Waals surface area (Å²) in [5, 5.41) is 0.522. The zero-order chi connectivity index (χ0) is 19.3. The van der Waals surface area contributed by atoms with Gasteiger partial charge < -0.3 is 9.15 Å². The molecule has 4 aromatic heterocycles. The van der Waals surface area contributed by atoms with Crippen LogP contribution in [0.1, 0.15) is 5.69 Å². The molecule has 4 heterocycles. The van der Waals surface area contributed by atoms with Crippen molar-refractivity contribution in [3.05, 3.63) is 72.6 Å². The highest BCUT2D eigenvalue weighted by Crippen LogP contribution is 2.35. The monoisotopic (exact) mass is 378 g/mol. The molecule has 0 spiro atoms. The lowest BCUT2D eigenvalue weighted by Crippen LogP contribution is -2.00. The number of aryl methyl sites for hydroxylation is 1. The summed E-state index contributed by atoms with van der Waals surface area (Å²) in [7, 11) is 0. The number of halogens is 2. The average Bonchev–Trinajstić information content (AvgIpc) is 3.33. The normalized spacial score (nSPS) is 11.4. The van der Waals surface area contributed by atoms with E-state index in [0.717, 1.165) is 0 Å². The van der Waals surface area contributed by atoms with Gasteiger partial charge in [0.15, 0.2) is 17.3 Å². The first-order chi connectivity index (χ1) is 13.6. The zero-order valence-electron chi connectivity index (χ0n) is 14.6. The smallest absolute Gasteiger partial charge is 0.230 e. The summed E-state index contributed by atoms with van der Waals surface area (Å²) >= 11 is 0. The second-order valence-corrected chi connectivity index (χ2v) is 6.17. The summed E-state index contributed by atoms with van der Waals surface area (Å²) in [4.78, 5) is 12.5. The standard InChI is InChI=1S/C20H12F2N4O2/c1-11-18(26-6-5-23-17(26)10-25-11)12-8-14(21)19(15(22)9-12)28-20-13-3-7-27-16(13)2-4-24-20/h2-10H,1H3. The lowest BCUT2D eigenvalue weighted by molar-refractivity contribution is 0.399. The van der Waals surface area contributed by atoms with Gasteiger partial charge in [-0.25, -0.2) is 18.7 Å². The van der Waals surface area contributed by atoms with E-state index in [4.69, 9.17) is 9.15 Å². The largest absolute Gasteiger partial charge is 0.464 e. The van der Waals surface area contributed by atoms with Gasteiger partial charge in [-0.1, -0.05) is 0 Å². The number of aromatic nitrogens is 4. The highest BCUT2D eigenvalue weighted by Gasteiger charge is 2.19. The molecule has 1 aromatic carbocycles. The number of hydrogen-bond donors (Lipinski definition) is 0. The van der Waals surface area contributed by atoms with Gasteiger partial charge in [0.25, 0.3) is 0 Å². The Labute approximate surface area is 157 Å². The number of furan rings is 1. The highest BCUT2D eigenvalue weighted by atomic mass is 19.1. The summed E-state index contributed by atoms with van der Waals surface area (Å²) in [5.41, 5.74) is 2.58. The first-order valence-corrected chi connectivity index (χ1v) is 8.40. The lowest BCUT2D eigenvalue weighted by Gasteiger charge is -2.12. The Morgan fingerprint density at radius 1 is 1.04 bits per heavy atom. The first-order valence-electron chi connectivity index (χ1n) is 8.40. The maximum Gasteiger partial charge on any atom is 0.230 e. The van der Waals surface area contributed by atoms with Crippen LogP contribution in [0.15, 0.2) is 59.7 Å². The third kappa shape index (κ3) is 2.50. The molecule has 0 bridgehead atoms. The molecule has 0 radical (unpaired) electrons. The van der Waals surface area contributed by atoms with Crippen molar-refractivity contribution < 1.29 is 17.9 Å². The van der Waals surface area contributed by atoms with Crippen LogP contribution in [0, 0.1) is 18.6 Å². The minimum Gasteiger partial charge on any atom is -0.464 e. The SMILES string of the molecule is Cc1ncc2nccn2c1-c1cc(F)c(Oc2nccc3occc23)c(F)c1. The van der Waals surface area contributed by atoms with Crippen LogP contribution in [0.4, 0.5) is 8.78 Å². The molecule has 6 nitrogen and oxygen atoms in total. The molecule has 0 saturated carbocycles. The molecule has 0 N–H and O–H groups in total. The Hall–Kier alpha value is -3.81. The molecular weight excluding hydrogens is 366 g/mol. The fraction of sp³-hybridized carbons (Fsp3) is 0.0500. The first kappa shape index (κ1) is 16.4. The number of nitrogens with zero attached hydrogens (tertiary/aromatic N) is 4. The van der Waals surface area contributed by atoms with E-state index in [-0.39, 0.29) is 5.88 Å². The van der Waals surface area contributed by atoms with Crippen molar-refractivity contribution in [2.24, 2.45) is 0 Å². The van der Waals surface area contributed by atoms with Crippen LogP contribution in [0.3, 0.4) is 0 Å². The predicted octanol–water partition coefficient (Wildman–Crippen LogP) is 4.92. The number of pyridine rings is 1. The molecule has 0 fully saturated rings. The molecule has 0 aliphatic carbocycles. The van der Waals surface area contributed by atoms with Gasteiger partial charge in [0.2, 0.25) is 11.6 Å². The fourth-order valence-corrected chi connectivity index (χ4v) is 3.18. The van der Waals surface area contributed by atoms with Crippen molar-refractivity contribution in [3.8, 4) is 22.9 Å². The molecule has 28 heavy (non-hydrogen) atoms. The Balaban J connectivity index is 1.62. The Morgan fingerprint density at radius 3 is 2.68 bits per heavy atom. The van der Waals surface area contributed by atoms with E-state index in [1.54, 1.807) is 42.0 Å². The number of hydrogen-bond acceptors (Lipinski definition) is 5. The molecule has 0 amide bonds. The van der Waals surface area contributed by atoms with E-state index in [9.17, 15) is 8.78 Å². The molecular formula is C20H12F2N4O2. The molecule has 0 aliphatic rings. The van der Waals surface area contributed by atoms with Crippen molar-refractivity contribution in [1.82, 2.24) is 19.4 Å². The molecule has 0 saturated heterocycles. The molecule has 0 unspecified atom stereocenters. The van der Waals surface area contributed by atoms with E-state index in [2.05, 4.69) is 15.0 Å². The number of fused-ring (bicyclic) bond motifs is 2. The third-order valence-electron chi connectivity index (χ3n) is 4.44. The van der Waals surface area contributed by atoms with Crippen LogP contribution < -0.4 is 4.74 Å². The van der Waals surface area contributed by atoms with E-state index in [1.165, 1.54) is 24.6 Å². The van der Waals surface area contributed by atoms with Gasteiger partial charge in [-0.2, -0.15) is 0 Å². The maximum atomic E-state index is 14.8. The van der Waals surface area contributed by atoms with Crippen LogP contribution in [-0.4, -0.2) is 19.4 Å². The lowest BCUT2D eigenvalue weighted by atomic mass is 10.1. The Bertz CT molecular complexity index is 1320. The second kappa shape index (κ2) is 6.12. The van der Waals surface area contributed by atoms with E-state index < -0.39 is 17.4 Å². The van der Waals surface area contributed by atoms with Crippen LogP contribution in [0.2, 0.25) is 0 Å². The minimum absolute atomic E-state index is 0.0614. The number of ether oxygens (including phenoxy) is 1.